The second-order valence-corrected chi connectivity index (χ2v) is 15.5. The molecule has 3 aliphatic carbocycles. The van der Waals surface area contributed by atoms with Crippen LogP contribution < -0.4 is 9.47 Å². The zero-order valence-corrected chi connectivity index (χ0v) is 26.1. The highest BCUT2D eigenvalue weighted by Gasteiger charge is 2.61. The van der Waals surface area contributed by atoms with E-state index in [9.17, 15) is 13.2 Å². The molecule has 0 N–H and O–H groups in total. The number of nitrogens with zero attached hydrogens (tertiary/aromatic N) is 2. The molecule has 43 heavy (non-hydrogen) atoms. The summed E-state index contributed by atoms with van der Waals surface area (Å²) in [5.74, 6) is 0.640. The molecular weight excluding hydrogens is 571 g/mol. The van der Waals surface area contributed by atoms with Gasteiger partial charge >= 0.3 is 5.97 Å². The van der Waals surface area contributed by atoms with E-state index < -0.39 is 15.4 Å². The van der Waals surface area contributed by atoms with E-state index in [1.165, 1.54) is 12.3 Å². The molecule has 8 nitrogen and oxygen atoms in total. The first kappa shape index (κ1) is 29.5. The summed E-state index contributed by atoms with van der Waals surface area (Å²) in [6, 6.07) is 8.84. The normalized spacial score (nSPS) is 24.0. The lowest BCUT2D eigenvalue weighted by atomic mass is 9.95. The van der Waals surface area contributed by atoms with Gasteiger partial charge in [0.2, 0.25) is 11.8 Å². The van der Waals surface area contributed by atoms with Crippen molar-refractivity contribution in [2.45, 2.75) is 83.4 Å². The Morgan fingerprint density at radius 1 is 1.07 bits per heavy atom. The van der Waals surface area contributed by atoms with Crippen LogP contribution in [0.5, 0.6) is 11.8 Å². The molecule has 6 rings (SSSR count). The minimum Gasteiger partial charge on any atom is -0.474 e. The minimum atomic E-state index is -3.05. The van der Waals surface area contributed by atoms with E-state index in [0.29, 0.717) is 30.2 Å². The maximum absolute atomic E-state index is 15.0. The van der Waals surface area contributed by atoms with Crippen LogP contribution in [0.1, 0.15) is 67.5 Å². The fourth-order valence-electron chi connectivity index (χ4n) is 6.33. The van der Waals surface area contributed by atoms with Crippen molar-refractivity contribution in [2.24, 2.45) is 11.8 Å². The third-order valence-electron chi connectivity index (χ3n) is 8.73. The molecule has 0 saturated heterocycles. The summed E-state index contributed by atoms with van der Waals surface area (Å²) >= 11 is 0. The number of ether oxygens (including phenoxy) is 3. The molecule has 2 fully saturated rings. The molecule has 2 saturated carbocycles. The summed E-state index contributed by atoms with van der Waals surface area (Å²) in [6.45, 7) is 9.36. The highest BCUT2D eigenvalue weighted by molar-refractivity contribution is 7.91. The summed E-state index contributed by atoms with van der Waals surface area (Å²) in [7, 11) is -3.05. The number of esters is 1. The van der Waals surface area contributed by atoms with Gasteiger partial charge in [-0.15, -0.1) is 0 Å². The number of carbonyl (C=O) groups is 1. The van der Waals surface area contributed by atoms with Crippen molar-refractivity contribution in [3.63, 3.8) is 0 Å². The molecule has 0 radical (unpaired) electrons. The number of carbonyl (C=O) groups excluding carboxylic acids is 1. The molecule has 2 heterocycles. The molecule has 3 atom stereocenters. The molecular formula is C33H37FN2O6S. The average molecular weight is 609 g/mol. The first-order valence-corrected chi connectivity index (χ1v) is 16.6. The van der Waals surface area contributed by atoms with Crippen molar-refractivity contribution >= 4 is 15.8 Å². The zero-order valence-electron chi connectivity index (χ0n) is 25.3. The molecule has 228 valence electrons. The van der Waals surface area contributed by atoms with E-state index in [0.717, 1.165) is 39.9 Å². The van der Waals surface area contributed by atoms with Crippen LogP contribution in [0.2, 0.25) is 0 Å². The molecule has 3 aromatic rings. The van der Waals surface area contributed by atoms with E-state index in [2.05, 4.69) is 9.97 Å². The quantitative estimate of drug-likeness (QED) is 0.302. The second kappa shape index (κ2) is 10.6. The summed E-state index contributed by atoms with van der Waals surface area (Å²) in [5.41, 5.74) is 5.26. The number of benzene rings is 1. The molecule has 3 aliphatic rings. The van der Waals surface area contributed by atoms with Crippen molar-refractivity contribution in [1.82, 2.24) is 9.97 Å². The standard InChI is InChI=1S/C33H37FN2O6S/c1-17-9-27(34)20(11-24(17)23-7-8-28(36-18(23)2)41-21-13-22(14-21)43(6,38)39)16-40-29-12-19-10-25-30(26(19)15-35-29)31(25)32(37)42-33(3,4)5/h7-9,11-12,15,21-22,25,30-31H,10,13-14,16H2,1-6H3/t21?,22?,25-,30-,31+/m1/s1. The van der Waals surface area contributed by atoms with Gasteiger partial charge < -0.3 is 14.2 Å². The Morgan fingerprint density at radius 3 is 2.49 bits per heavy atom. The number of fused-ring (bicyclic) bond motifs is 3. The Labute approximate surface area is 251 Å². The van der Waals surface area contributed by atoms with E-state index in [-0.39, 0.29) is 47.5 Å². The van der Waals surface area contributed by atoms with Crippen LogP contribution in [0.15, 0.2) is 36.5 Å². The lowest BCUT2D eigenvalue weighted by molar-refractivity contribution is -0.157. The van der Waals surface area contributed by atoms with Gasteiger partial charge in [-0.3, -0.25) is 4.79 Å². The number of aryl methyl sites for hydroxylation is 2. The maximum Gasteiger partial charge on any atom is 0.310 e. The number of halogens is 1. The molecule has 0 amide bonds. The Bertz CT molecular complexity index is 1710. The van der Waals surface area contributed by atoms with Gasteiger partial charge in [-0.25, -0.2) is 22.8 Å². The first-order chi connectivity index (χ1) is 20.2. The minimum absolute atomic E-state index is 0.00907. The van der Waals surface area contributed by atoms with Gasteiger partial charge in [0, 0.05) is 60.2 Å². The number of sulfone groups is 1. The van der Waals surface area contributed by atoms with E-state index in [4.69, 9.17) is 14.2 Å². The van der Waals surface area contributed by atoms with Crippen molar-refractivity contribution in [3.05, 3.63) is 70.3 Å². The Hall–Kier alpha value is -3.53. The van der Waals surface area contributed by atoms with Gasteiger partial charge in [-0.05, 0) is 87.4 Å². The van der Waals surface area contributed by atoms with Crippen LogP contribution >= 0.6 is 0 Å². The Balaban J connectivity index is 1.11. The molecule has 0 unspecified atom stereocenters. The van der Waals surface area contributed by atoms with Crippen LogP contribution in [0.3, 0.4) is 0 Å². The van der Waals surface area contributed by atoms with Crippen molar-refractivity contribution in [2.75, 3.05) is 6.26 Å². The summed E-state index contributed by atoms with van der Waals surface area (Å²) < 4.78 is 55.8. The summed E-state index contributed by atoms with van der Waals surface area (Å²) in [6.07, 6.45) is 4.57. The third kappa shape index (κ3) is 5.98. The number of aromatic nitrogens is 2. The number of hydrogen-bond acceptors (Lipinski definition) is 8. The predicted molar refractivity (Wildman–Crippen MR) is 159 cm³/mol. The molecule has 10 heteroatoms. The third-order valence-corrected chi connectivity index (χ3v) is 10.3. The van der Waals surface area contributed by atoms with Crippen LogP contribution in [0.4, 0.5) is 4.39 Å². The Morgan fingerprint density at radius 2 is 1.81 bits per heavy atom. The maximum atomic E-state index is 15.0. The highest BCUT2D eigenvalue weighted by atomic mass is 32.2. The SMILES string of the molecule is Cc1cc(F)c(COc2cc3c(cn2)[C@H]2[C@@H](C3)[C@@H]2C(=O)OC(C)(C)C)cc1-c1ccc(OC2CC(S(C)(=O)=O)C2)nc1C. The highest BCUT2D eigenvalue weighted by Crippen LogP contribution is 2.62. The van der Waals surface area contributed by atoms with Gasteiger partial charge in [0.15, 0.2) is 9.84 Å². The number of hydrogen-bond donors (Lipinski definition) is 0. The molecule has 2 aromatic heterocycles. The monoisotopic (exact) mass is 608 g/mol. The van der Waals surface area contributed by atoms with Gasteiger partial charge in [0.25, 0.3) is 0 Å². The predicted octanol–water partition coefficient (Wildman–Crippen LogP) is 5.66. The van der Waals surface area contributed by atoms with Crippen LogP contribution in [-0.4, -0.2) is 47.6 Å². The Kier molecular flexibility index (Phi) is 7.26. The summed E-state index contributed by atoms with van der Waals surface area (Å²) in [5, 5.41) is -0.352. The number of rotatable bonds is 8. The second-order valence-electron chi connectivity index (χ2n) is 13.2. The molecule has 1 aromatic carbocycles. The van der Waals surface area contributed by atoms with Gasteiger partial charge in [-0.2, -0.15) is 0 Å². The van der Waals surface area contributed by atoms with Gasteiger partial charge in [-0.1, -0.05) is 0 Å². The molecule has 0 bridgehead atoms. The van der Waals surface area contributed by atoms with Gasteiger partial charge in [0.05, 0.1) is 11.2 Å². The van der Waals surface area contributed by atoms with Crippen molar-refractivity contribution < 1.29 is 31.8 Å². The average Bonchev–Trinajstić information content (AvgIpc) is 3.46. The number of pyridine rings is 2. The van der Waals surface area contributed by atoms with Crippen LogP contribution in [0.25, 0.3) is 11.1 Å². The van der Waals surface area contributed by atoms with E-state index in [1.807, 2.05) is 46.8 Å². The smallest absolute Gasteiger partial charge is 0.310 e. The largest absolute Gasteiger partial charge is 0.474 e. The van der Waals surface area contributed by atoms with Crippen LogP contribution in [-0.2, 0) is 32.4 Å². The molecule has 0 spiro atoms. The molecule has 0 aliphatic heterocycles. The van der Waals surface area contributed by atoms with E-state index in [1.54, 1.807) is 18.3 Å². The zero-order chi connectivity index (χ0) is 30.8. The lowest BCUT2D eigenvalue weighted by Crippen LogP contribution is -2.42. The fourth-order valence-corrected chi connectivity index (χ4v) is 7.46. The van der Waals surface area contributed by atoms with Crippen molar-refractivity contribution in [1.29, 1.82) is 0 Å². The lowest BCUT2D eigenvalue weighted by Gasteiger charge is -2.33. The topological polar surface area (TPSA) is 105 Å². The summed E-state index contributed by atoms with van der Waals surface area (Å²) in [4.78, 5) is 21.6. The van der Waals surface area contributed by atoms with Crippen LogP contribution in [0, 0.1) is 31.5 Å². The van der Waals surface area contributed by atoms with Crippen molar-refractivity contribution in [3.8, 4) is 22.9 Å². The van der Waals surface area contributed by atoms with Gasteiger partial charge in [0.1, 0.15) is 24.1 Å². The fraction of sp³-hybridized carbons (Fsp3) is 0.485. The van der Waals surface area contributed by atoms with E-state index >= 15 is 4.39 Å². The first-order valence-electron chi connectivity index (χ1n) is 14.6.